The van der Waals surface area contributed by atoms with Crippen LogP contribution in [0.25, 0.3) is 0 Å². The molecule has 2 amide bonds. The summed E-state index contributed by atoms with van der Waals surface area (Å²) >= 11 is 0. The van der Waals surface area contributed by atoms with Crippen molar-refractivity contribution in [2.45, 2.75) is 50.8 Å². The number of nitrogens with one attached hydrogen (secondary N) is 2. The standard InChI is InChI=1S/C19H29N3O5S/c1-14(2)12-18(23)20-21-19(24)15-8-9-16(27-3)17(13-15)28(25,26)22-10-6-4-5-7-11-22/h8-9,13-14H,4-7,10-12H2,1-3H3,(H,20,23)(H,21,24). The van der Waals surface area contributed by atoms with E-state index in [1.807, 2.05) is 13.8 Å². The lowest BCUT2D eigenvalue weighted by atomic mass is 10.1. The average molecular weight is 412 g/mol. The Morgan fingerprint density at radius 1 is 1.11 bits per heavy atom. The van der Waals surface area contributed by atoms with Gasteiger partial charge in [-0.2, -0.15) is 4.31 Å². The largest absolute Gasteiger partial charge is 0.495 e. The molecule has 0 unspecified atom stereocenters. The van der Waals surface area contributed by atoms with Gasteiger partial charge in [0.15, 0.2) is 0 Å². The SMILES string of the molecule is COc1ccc(C(=O)NNC(=O)CC(C)C)cc1S(=O)(=O)N1CCCCCC1. The molecular formula is C19H29N3O5S. The maximum absolute atomic E-state index is 13.1. The summed E-state index contributed by atoms with van der Waals surface area (Å²) in [7, 11) is -2.40. The first-order valence-corrected chi connectivity index (χ1v) is 11.0. The van der Waals surface area contributed by atoms with Gasteiger partial charge in [-0.3, -0.25) is 20.4 Å². The molecule has 1 aliphatic rings. The molecule has 1 aromatic rings. The van der Waals surface area contributed by atoms with Crippen molar-refractivity contribution in [3.63, 3.8) is 0 Å². The molecular weight excluding hydrogens is 382 g/mol. The number of hydrazine groups is 1. The second-order valence-electron chi connectivity index (χ2n) is 7.28. The molecule has 1 fully saturated rings. The third-order valence-electron chi connectivity index (χ3n) is 4.52. The highest BCUT2D eigenvalue weighted by molar-refractivity contribution is 7.89. The average Bonchev–Trinajstić information content (AvgIpc) is 2.95. The Bertz CT molecular complexity index is 800. The molecule has 9 heteroatoms. The van der Waals surface area contributed by atoms with Crippen molar-refractivity contribution in [2.75, 3.05) is 20.2 Å². The number of carbonyl (C=O) groups excluding carboxylic acids is 2. The lowest BCUT2D eigenvalue weighted by Crippen LogP contribution is -2.42. The Balaban J connectivity index is 2.23. The third-order valence-corrected chi connectivity index (χ3v) is 6.44. The van der Waals surface area contributed by atoms with E-state index in [1.54, 1.807) is 0 Å². The van der Waals surface area contributed by atoms with Gasteiger partial charge in [-0.1, -0.05) is 26.7 Å². The molecule has 0 atom stereocenters. The fourth-order valence-corrected chi connectivity index (χ4v) is 4.76. The quantitative estimate of drug-likeness (QED) is 0.697. The van der Waals surface area contributed by atoms with Crippen molar-refractivity contribution in [1.29, 1.82) is 0 Å². The van der Waals surface area contributed by atoms with E-state index in [9.17, 15) is 18.0 Å². The first kappa shape index (κ1) is 22.2. The Morgan fingerprint density at radius 2 is 1.75 bits per heavy atom. The number of nitrogens with zero attached hydrogens (tertiary/aromatic N) is 1. The Morgan fingerprint density at radius 3 is 2.32 bits per heavy atom. The van der Waals surface area contributed by atoms with Crippen LogP contribution in [0.2, 0.25) is 0 Å². The van der Waals surface area contributed by atoms with E-state index in [1.165, 1.54) is 29.6 Å². The minimum Gasteiger partial charge on any atom is -0.495 e. The van der Waals surface area contributed by atoms with Gasteiger partial charge >= 0.3 is 0 Å². The summed E-state index contributed by atoms with van der Waals surface area (Å²) in [5, 5.41) is 0. The molecule has 0 aliphatic carbocycles. The van der Waals surface area contributed by atoms with E-state index in [4.69, 9.17) is 4.74 Å². The normalized spacial score (nSPS) is 15.7. The van der Waals surface area contributed by atoms with Crippen LogP contribution in [-0.4, -0.2) is 44.7 Å². The van der Waals surface area contributed by atoms with E-state index in [0.29, 0.717) is 13.1 Å². The van der Waals surface area contributed by atoms with Gasteiger partial charge in [0, 0.05) is 25.1 Å². The van der Waals surface area contributed by atoms with Crippen molar-refractivity contribution in [1.82, 2.24) is 15.2 Å². The molecule has 0 spiro atoms. The van der Waals surface area contributed by atoms with Crippen LogP contribution < -0.4 is 15.6 Å². The molecule has 28 heavy (non-hydrogen) atoms. The van der Waals surface area contributed by atoms with Gasteiger partial charge in [0.25, 0.3) is 5.91 Å². The van der Waals surface area contributed by atoms with Crippen LogP contribution in [0.5, 0.6) is 5.75 Å². The van der Waals surface area contributed by atoms with Crippen LogP contribution in [-0.2, 0) is 14.8 Å². The molecule has 156 valence electrons. The zero-order valence-electron chi connectivity index (χ0n) is 16.7. The molecule has 2 N–H and O–H groups in total. The maximum atomic E-state index is 13.1. The first-order valence-electron chi connectivity index (χ1n) is 9.53. The summed E-state index contributed by atoms with van der Waals surface area (Å²) in [5.74, 6) is -0.561. The monoisotopic (exact) mass is 411 g/mol. The summed E-state index contributed by atoms with van der Waals surface area (Å²) in [6, 6.07) is 4.21. The molecule has 1 heterocycles. The first-order chi connectivity index (χ1) is 13.3. The predicted molar refractivity (Wildman–Crippen MR) is 105 cm³/mol. The van der Waals surface area contributed by atoms with Crippen molar-refractivity contribution < 1.29 is 22.7 Å². The van der Waals surface area contributed by atoms with Crippen LogP contribution >= 0.6 is 0 Å². The summed E-state index contributed by atoms with van der Waals surface area (Å²) in [4.78, 5) is 24.0. The molecule has 0 saturated carbocycles. The third kappa shape index (κ3) is 5.68. The zero-order valence-corrected chi connectivity index (χ0v) is 17.5. The number of methoxy groups -OCH3 is 1. The molecule has 1 saturated heterocycles. The number of sulfonamides is 1. The topological polar surface area (TPSA) is 105 Å². The minimum absolute atomic E-state index is 0.0435. The summed E-state index contributed by atoms with van der Waals surface area (Å²) in [6.07, 6.45) is 3.90. The van der Waals surface area contributed by atoms with Gasteiger partial charge in [0.1, 0.15) is 10.6 Å². The molecule has 0 bridgehead atoms. The maximum Gasteiger partial charge on any atom is 0.269 e. The van der Waals surface area contributed by atoms with E-state index >= 15 is 0 Å². The predicted octanol–water partition coefficient (Wildman–Crippen LogP) is 2.07. The molecule has 0 radical (unpaired) electrons. The lowest BCUT2D eigenvalue weighted by Gasteiger charge is -2.21. The zero-order chi connectivity index (χ0) is 20.7. The Kier molecular flexibility index (Phi) is 7.82. The van der Waals surface area contributed by atoms with Crippen molar-refractivity contribution in [3.8, 4) is 5.75 Å². The van der Waals surface area contributed by atoms with Crippen molar-refractivity contribution in [3.05, 3.63) is 23.8 Å². The fraction of sp³-hybridized carbons (Fsp3) is 0.579. The number of hydrogen-bond acceptors (Lipinski definition) is 5. The molecule has 0 aromatic heterocycles. The molecule has 1 aromatic carbocycles. The number of carbonyl (C=O) groups is 2. The highest BCUT2D eigenvalue weighted by Crippen LogP contribution is 2.29. The highest BCUT2D eigenvalue weighted by Gasteiger charge is 2.29. The van der Waals surface area contributed by atoms with Gasteiger partial charge in [-0.25, -0.2) is 8.42 Å². The second-order valence-corrected chi connectivity index (χ2v) is 9.19. The lowest BCUT2D eigenvalue weighted by molar-refractivity contribution is -0.122. The van der Waals surface area contributed by atoms with Gasteiger partial charge in [0.05, 0.1) is 7.11 Å². The molecule has 8 nitrogen and oxygen atoms in total. The number of ether oxygens (including phenoxy) is 1. The fourth-order valence-electron chi connectivity index (χ4n) is 3.06. The smallest absolute Gasteiger partial charge is 0.269 e. The second kappa shape index (κ2) is 9.88. The number of rotatable bonds is 6. The van der Waals surface area contributed by atoms with Crippen LogP contribution in [0.15, 0.2) is 23.1 Å². The van der Waals surface area contributed by atoms with E-state index < -0.39 is 15.9 Å². The van der Waals surface area contributed by atoms with Crippen molar-refractivity contribution in [2.24, 2.45) is 5.92 Å². The van der Waals surface area contributed by atoms with Crippen LogP contribution in [0.3, 0.4) is 0 Å². The van der Waals surface area contributed by atoms with E-state index in [2.05, 4.69) is 10.9 Å². The van der Waals surface area contributed by atoms with Crippen molar-refractivity contribution >= 4 is 21.8 Å². The van der Waals surface area contributed by atoms with Gasteiger partial charge in [0.2, 0.25) is 15.9 Å². The summed E-state index contributed by atoms with van der Waals surface area (Å²) in [5.41, 5.74) is 4.79. The molecule has 2 rings (SSSR count). The van der Waals surface area contributed by atoms with Crippen LogP contribution in [0, 0.1) is 5.92 Å². The van der Waals surface area contributed by atoms with E-state index in [-0.39, 0.29) is 34.5 Å². The highest BCUT2D eigenvalue weighted by atomic mass is 32.2. The number of hydrogen-bond donors (Lipinski definition) is 2. The van der Waals surface area contributed by atoms with Gasteiger partial charge in [-0.05, 0) is 37.0 Å². The summed E-state index contributed by atoms with van der Waals surface area (Å²) < 4.78 is 32.9. The van der Waals surface area contributed by atoms with Gasteiger partial charge in [-0.15, -0.1) is 0 Å². The van der Waals surface area contributed by atoms with Crippen LogP contribution in [0.1, 0.15) is 56.3 Å². The van der Waals surface area contributed by atoms with E-state index in [0.717, 1.165) is 25.7 Å². The Hall–Kier alpha value is -2.13. The number of amides is 2. The minimum atomic E-state index is -3.79. The summed E-state index contributed by atoms with van der Waals surface area (Å²) in [6.45, 7) is 4.69. The number of benzene rings is 1. The van der Waals surface area contributed by atoms with Gasteiger partial charge < -0.3 is 4.74 Å². The van der Waals surface area contributed by atoms with Crippen LogP contribution in [0.4, 0.5) is 0 Å². The Labute approximate surface area is 166 Å². The molecule has 1 aliphatic heterocycles.